The molecule has 0 amide bonds. The molecule has 0 saturated heterocycles. The lowest BCUT2D eigenvalue weighted by molar-refractivity contribution is -0.143. The van der Waals surface area contributed by atoms with Crippen LogP contribution in [0.25, 0.3) is 0 Å². The van der Waals surface area contributed by atoms with Crippen LogP contribution in [0.4, 0.5) is 0 Å². The topological polar surface area (TPSA) is 63.3 Å². The molecule has 0 radical (unpaired) electrons. The molecule has 3 atom stereocenters. The highest BCUT2D eigenvalue weighted by Crippen LogP contribution is 2.53. The van der Waals surface area contributed by atoms with Gasteiger partial charge in [-0.15, -0.1) is 0 Å². The van der Waals surface area contributed by atoms with Crippen LogP contribution in [0.1, 0.15) is 33.6 Å². The van der Waals surface area contributed by atoms with Crippen molar-refractivity contribution in [3.8, 4) is 0 Å². The second-order valence-electron chi connectivity index (χ2n) is 4.82. The number of carbonyl (C=O) groups is 1. The van der Waals surface area contributed by atoms with E-state index in [9.17, 15) is 4.79 Å². The molecule has 1 fully saturated rings. The summed E-state index contributed by atoms with van der Waals surface area (Å²) < 4.78 is 0. The van der Waals surface area contributed by atoms with Crippen LogP contribution in [-0.4, -0.2) is 17.1 Å². The molecule has 0 bridgehead atoms. The number of carboxylic acid groups (broad SMARTS) is 1. The third kappa shape index (κ3) is 1.85. The molecule has 0 aromatic rings. The van der Waals surface area contributed by atoms with Crippen LogP contribution in [0, 0.1) is 17.3 Å². The second kappa shape index (κ2) is 3.29. The van der Waals surface area contributed by atoms with Crippen molar-refractivity contribution in [2.75, 3.05) is 0 Å². The SMILES string of the molecule is C[C@@H](N)[C@H]1C[C@H](CC(=O)O)C1(C)C. The first kappa shape index (κ1) is 10.5. The molecule has 0 heterocycles. The Kier molecular flexibility index (Phi) is 2.66. The van der Waals surface area contributed by atoms with E-state index in [1.807, 2.05) is 6.92 Å². The predicted molar refractivity (Wildman–Crippen MR) is 51.3 cm³/mol. The van der Waals surface area contributed by atoms with E-state index in [0.29, 0.717) is 11.8 Å². The number of nitrogens with two attached hydrogens (primary N) is 1. The number of rotatable bonds is 3. The fourth-order valence-corrected chi connectivity index (χ4v) is 2.51. The number of carboxylic acids is 1. The van der Waals surface area contributed by atoms with Crippen molar-refractivity contribution in [3.63, 3.8) is 0 Å². The Morgan fingerprint density at radius 3 is 2.54 bits per heavy atom. The van der Waals surface area contributed by atoms with Crippen molar-refractivity contribution in [2.45, 2.75) is 39.7 Å². The Hall–Kier alpha value is -0.570. The number of hydrogen-bond donors (Lipinski definition) is 2. The molecule has 1 aliphatic carbocycles. The van der Waals surface area contributed by atoms with Crippen LogP contribution in [-0.2, 0) is 4.79 Å². The van der Waals surface area contributed by atoms with Gasteiger partial charge in [0.2, 0.25) is 0 Å². The van der Waals surface area contributed by atoms with E-state index in [0.717, 1.165) is 6.42 Å². The molecule has 0 spiro atoms. The third-order valence-electron chi connectivity index (χ3n) is 3.60. The lowest BCUT2D eigenvalue weighted by atomic mass is 9.52. The zero-order valence-electron chi connectivity index (χ0n) is 8.58. The summed E-state index contributed by atoms with van der Waals surface area (Å²) in [4.78, 5) is 10.5. The van der Waals surface area contributed by atoms with Gasteiger partial charge in [0.15, 0.2) is 0 Å². The normalized spacial score (nSPS) is 33.5. The van der Waals surface area contributed by atoms with Gasteiger partial charge < -0.3 is 10.8 Å². The third-order valence-corrected chi connectivity index (χ3v) is 3.60. The predicted octanol–water partition coefficient (Wildman–Crippen LogP) is 1.47. The van der Waals surface area contributed by atoms with Gasteiger partial charge in [0, 0.05) is 12.5 Å². The first-order chi connectivity index (χ1) is 5.85. The molecule has 3 N–H and O–H groups in total. The minimum Gasteiger partial charge on any atom is -0.481 e. The Morgan fingerprint density at radius 1 is 1.69 bits per heavy atom. The van der Waals surface area contributed by atoms with Gasteiger partial charge in [0.05, 0.1) is 0 Å². The molecule has 1 rings (SSSR count). The summed E-state index contributed by atoms with van der Waals surface area (Å²) in [6.07, 6.45) is 1.26. The van der Waals surface area contributed by atoms with Crippen molar-refractivity contribution in [3.05, 3.63) is 0 Å². The monoisotopic (exact) mass is 185 g/mol. The van der Waals surface area contributed by atoms with Gasteiger partial charge in [-0.3, -0.25) is 4.79 Å². The number of aliphatic carboxylic acids is 1. The minimum atomic E-state index is -0.693. The van der Waals surface area contributed by atoms with Crippen LogP contribution >= 0.6 is 0 Å². The van der Waals surface area contributed by atoms with Crippen molar-refractivity contribution in [1.29, 1.82) is 0 Å². The van der Waals surface area contributed by atoms with E-state index in [1.165, 1.54) is 0 Å². The van der Waals surface area contributed by atoms with Gasteiger partial charge in [0.25, 0.3) is 0 Å². The largest absolute Gasteiger partial charge is 0.481 e. The molecule has 1 saturated carbocycles. The van der Waals surface area contributed by atoms with Gasteiger partial charge >= 0.3 is 5.97 Å². The van der Waals surface area contributed by atoms with Crippen molar-refractivity contribution < 1.29 is 9.90 Å². The van der Waals surface area contributed by atoms with E-state index < -0.39 is 5.97 Å². The van der Waals surface area contributed by atoms with E-state index in [1.54, 1.807) is 0 Å². The van der Waals surface area contributed by atoms with Gasteiger partial charge in [-0.2, -0.15) is 0 Å². The Morgan fingerprint density at radius 2 is 2.23 bits per heavy atom. The highest BCUT2D eigenvalue weighted by Gasteiger charge is 2.49. The van der Waals surface area contributed by atoms with Crippen LogP contribution in [0.5, 0.6) is 0 Å². The average Bonchev–Trinajstić information content (AvgIpc) is 1.96. The van der Waals surface area contributed by atoms with E-state index in [2.05, 4.69) is 13.8 Å². The van der Waals surface area contributed by atoms with E-state index in [4.69, 9.17) is 10.8 Å². The summed E-state index contributed by atoms with van der Waals surface area (Å²) in [5, 5.41) is 8.67. The average molecular weight is 185 g/mol. The maximum absolute atomic E-state index is 10.5. The fraction of sp³-hybridized carbons (Fsp3) is 0.900. The van der Waals surface area contributed by atoms with Gasteiger partial charge in [0.1, 0.15) is 0 Å². The van der Waals surface area contributed by atoms with E-state index >= 15 is 0 Å². The lowest BCUT2D eigenvalue weighted by Gasteiger charge is -2.53. The lowest BCUT2D eigenvalue weighted by Crippen LogP contribution is -2.52. The van der Waals surface area contributed by atoms with Gasteiger partial charge in [-0.05, 0) is 30.6 Å². The summed E-state index contributed by atoms with van der Waals surface area (Å²) in [7, 11) is 0. The molecule has 3 heteroatoms. The fourth-order valence-electron chi connectivity index (χ4n) is 2.51. The van der Waals surface area contributed by atoms with Crippen LogP contribution in [0.3, 0.4) is 0 Å². The second-order valence-corrected chi connectivity index (χ2v) is 4.82. The smallest absolute Gasteiger partial charge is 0.303 e. The maximum atomic E-state index is 10.5. The van der Waals surface area contributed by atoms with Gasteiger partial charge in [-0.25, -0.2) is 0 Å². The highest BCUT2D eigenvalue weighted by molar-refractivity contribution is 5.67. The zero-order chi connectivity index (χ0) is 10.2. The van der Waals surface area contributed by atoms with Crippen LogP contribution in [0.2, 0.25) is 0 Å². The zero-order valence-corrected chi connectivity index (χ0v) is 8.58. The Labute approximate surface area is 79.3 Å². The summed E-state index contributed by atoms with van der Waals surface area (Å²) in [5.74, 6) is 0.0963. The van der Waals surface area contributed by atoms with Crippen molar-refractivity contribution in [2.24, 2.45) is 23.0 Å². The maximum Gasteiger partial charge on any atom is 0.303 e. The molecule has 0 aromatic heterocycles. The molecular weight excluding hydrogens is 166 g/mol. The van der Waals surface area contributed by atoms with Crippen molar-refractivity contribution >= 4 is 5.97 Å². The Balaban J connectivity index is 2.54. The van der Waals surface area contributed by atoms with Crippen LogP contribution in [0.15, 0.2) is 0 Å². The van der Waals surface area contributed by atoms with Crippen LogP contribution < -0.4 is 5.73 Å². The van der Waals surface area contributed by atoms with E-state index in [-0.39, 0.29) is 17.9 Å². The molecule has 3 nitrogen and oxygen atoms in total. The van der Waals surface area contributed by atoms with Gasteiger partial charge in [-0.1, -0.05) is 13.8 Å². The molecular formula is C10H19NO2. The molecule has 0 aromatic carbocycles. The van der Waals surface area contributed by atoms with Crippen molar-refractivity contribution in [1.82, 2.24) is 0 Å². The first-order valence-corrected chi connectivity index (χ1v) is 4.83. The highest BCUT2D eigenvalue weighted by atomic mass is 16.4. The quantitative estimate of drug-likeness (QED) is 0.699. The molecule has 0 aliphatic heterocycles. The summed E-state index contributed by atoms with van der Waals surface area (Å²) in [6, 6.07) is 0.181. The minimum absolute atomic E-state index is 0.104. The summed E-state index contributed by atoms with van der Waals surface area (Å²) in [5.41, 5.74) is 5.92. The summed E-state index contributed by atoms with van der Waals surface area (Å²) >= 11 is 0. The number of hydrogen-bond acceptors (Lipinski definition) is 2. The first-order valence-electron chi connectivity index (χ1n) is 4.83. The summed E-state index contributed by atoms with van der Waals surface area (Å²) in [6.45, 7) is 6.25. The Bertz CT molecular complexity index is 211. The molecule has 0 unspecified atom stereocenters. The standard InChI is InChI=1S/C10H19NO2/c1-6(11)8-4-7(5-9(12)13)10(8,2)3/h6-8H,4-5,11H2,1-3H3,(H,12,13)/t6-,7-,8-/m1/s1. The molecule has 1 aliphatic rings. The molecule has 76 valence electrons. The molecule has 13 heavy (non-hydrogen) atoms.